The first kappa shape index (κ1) is 11.9. The Bertz CT molecular complexity index is 83.9. The average Bonchev–Trinajstić information content (AvgIpc) is 2.05. The molecule has 0 aliphatic rings. The zero-order valence-electron chi connectivity index (χ0n) is 8.34. The van der Waals surface area contributed by atoms with Gasteiger partial charge in [0, 0.05) is 20.1 Å². The average molecular weight is 173 g/mol. The fourth-order valence-corrected chi connectivity index (χ4v) is 0.978. The van der Waals surface area contributed by atoms with Crippen LogP contribution in [0.15, 0.2) is 0 Å². The maximum atomic E-state index is 5.30. The van der Waals surface area contributed by atoms with E-state index < -0.39 is 0 Å². The highest BCUT2D eigenvalue weighted by Gasteiger charge is 1.98. The maximum Gasteiger partial charge on any atom is 0.157 e. The lowest BCUT2D eigenvalue weighted by Gasteiger charge is -2.11. The molecule has 0 aromatic rings. The monoisotopic (exact) mass is 173 g/mol. The van der Waals surface area contributed by atoms with Gasteiger partial charge in [-0.3, -0.25) is 0 Å². The van der Waals surface area contributed by atoms with Crippen molar-refractivity contribution in [2.45, 2.75) is 45.8 Å². The Balaban J connectivity index is 2.97. The van der Waals surface area contributed by atoms with E-state index in [1.807, 2.05) is 6.92 Å². The van der Waals surface area contributed by atoms with Gasteiger partial charge in [-0.25, -0.2) is 0 Å². The molecule has 73 valence electrons. The van der Waals surface area contributed by atoms with Crippen molar-refractivity contribution in [3.8, 4) is 0 Å². The molecule has 1 unspecified atom stereocenters. The SMILES string of the molecule is [CH2]C(OCC)OCCCCCC. The van der Waals surface area contributed by atoms with Gasteiger partial charge in [-0.2, -0.15) is 0 Å². The van der Waals surface area contributed by atoms with Gasteiger partial charge in [0.05, 0.1) is 0 Å². The number of unbranched alkanes of at least 4 members (excludes halogenated alkanes) is 3. The first-order valence-electron chi connectivity index (χ1n) is 4.87. The van der Waals surface area contributed by atoms with Crippen LogP contribution >= 0.6 is 0 Å². The van der Waals surface area contributed by atoms with Crippen molar-refractivity contribution in [1.82, 2.24) is 0 Å². The third-order valence-electron chi connectivity index (χ3n) is 1.65. The molecular weight excluding hydrogens is 152 g/mol. The van der Waals surface area contributed by atoms with Crippen molar-refractivity contribution in [3.05, 3.63) is 6.92 Å². The fraction of sp³-hybridized carbons (Fsp3) is 0.900. The Morgan fingerprint density at radius 2 is 1.83 bits per heavy atom. The van der Waals surface area contributed by atoms with Crippen LogP contribution in [0.2, 0.25) is 0 Å². The molecule has 0 N–H and O–H groups in total. The summed E-state index contributed by atoms with van der Waals surface area (Å²) in [5, 5.41) is 0. The molecule has 0 aliphatic heterocycles. The summed E-state index contributed by atoms with van der Waals surface area (Å²) in [5.41, 5.74) is 0. The van der Waals surface area contributed by atoms with E-state index in [0.29, 0.717) is 6.61 Å². The van der Waals surface area contributed by atoms with E-state index in [2.05, 4.69) is 13.8 Å². The summed E-state index contributed by atoms with van der Waals surface area (Å²) in [6.45, 7) is 9.29. The Kier molecular flexibility index (Phi) is 8.95. The lowest BCUT2D eigenvalue weighted by Crippen LogP contribution is -2.13. The smallest absolute Gasteiger partial charge is 0.157 e. The molecule has 1 atom stereocenters. The number of rotatable bonds is 8. The highest BCUT2D eigenvalue weighted by atomic mass is 16.7. The van der Waals surface area contributed by atoms with E-state index >= 15 is 0 Å². The number of hydrogen-bond donors (Lipinski definition) is 0. The lowest BCUT2D eigenvalue weighted by atomic mass is 10.2. The van der Waals surface area contributed by atoms with Gasteiger partial charge >= 0.3 is 0 Å². The van der Waals surface area contributed by atoms with E-state index in [1.165, 1.54) is 19.3 Å². The van der Waals surface area contributed by atoms with Gasteiger partial charge in [0.2, 0.25) is 0 Å². The minimum atomic E-state index is -0.281. The molecule has 0 saturated heterocycles. The fourth-order valence-electron chi connectivity index (χ4n) is 0.978. The zero-order valence-corrected chi connectivity index (χ0v) is 8.34. The molecule has 1 radical (unpaired) electrons. The van der Waals surface area contributed by atoms with Gasteiger partial charge in [-0.05, 0) is 13.3 Å². The first-order valence-corrected chi connectivity index (χ1v) is 4.87. The molecule has 2 heteroatoms. The molecular formula is C10H21O2. The van der Waals surface area contributed by atoms with Gasteiger partial charge in [0.1, 0.15) is 0 Å². The van der Waals surface area contributed by atoms with Crippen LogP contribution in [-0.2, 0) is 9.47 Å². The molecule has 0 rings (SSSR count). The summed E-state index contributed by atoms with van der Waals surface area (Å²) >= 11 is 0. The molecule has 0 amide bonds. The van der Waals surface area contributed by atoms with Crippen molar-refractivity contribution >= 4 is 0 Å². The van der Waals surface area contributed by atoms with Crippen LogP contribution < -0.4 is 0 Å². The van der Waals surface area contributed by atoms with E-state index in [0.717, 1.165) is 13.0 Å². The van der Waals surface area contributed by atoms with Crippen LogP contribution in [0, 0.1) is 6.92 Å². The zero-order chi connectivity index (χ0) is 9.23. The second-order valence-electron chi connectivity index (χ2n) is 2.82. The summed E-state index contributed by atoms with van der Waals surface area (Å²) in [4.78, 5) is 0. The van der Waals surface area contributed by atoms with Crippen LogP contribution in [0.25, 0.3) is 0 Å². The van der Waals surface area contributed by atoms with Crippen LogP contribution in [0.3, 0.4) is 0 Å². The summed E-state index contributed by atoms with van der Waals surface area (Å²) in [5.74, 6) is 0. The quantitative estimate of drug-likeness (QED) is 0.415. The molecule has 0 aliphatic carbocycles. The summed E-state index contributed by atoms with van der Waals surface area (Å²) in [6.07, 6.45) is 4.64. The van der Waals surface area contributed by atoms with Crippen LogP contribution in [0.4, 0.5) is 0 Å². The third kappa shape index (κ3) is 8.02. The normalized spacial score (nSPS) is 13.2. The van der Waals surface area contributed by atoms with Crippen molar-refractivity contribution in [2.75, 3.05) is 13.2 Å². The second-order valence-corrected chi connectivity index (χ2v) is 2.82. The van der Waals surface area contributed by atoms with Gasteiger partial charge in [0.15, 0.2) is 6.29 Å². The van der Waals surface area contributed by atoms with Crippen molar-refractivity contribution in [3.63, 3.8) is 0 Å². The minimum Gasteiger partial charge on any atom is -0.353 e. The Morgan fingerprint density at radius 3 is 2.42 bits per heavy atom. The molecule has 0 saturated carbocycles. The molecule has 0 aromatic heterocycles. The topological polar surface area (TPSA) is 18.5 Å². The van der Waals surface area contributed by atoms with Gasteiger partial charge in [-0.1, -0.05) is 26.2 Å². The minimum absolute atomic E-state index is 0.281. The summed E-state index contributed by atoms with van der Waals surface area (Å²) in [6, 6.07) is 0. The Hall–Kier alpha value is -0.0800. The first-order chi connectivity index (χ1) is 5.81. The van der Waals surface area contributed by atoms with Crippen LogP contribution in [0.5, 0.6) is 0 Å². The molecule has 12 heavy (non-hydrogen) atoms. The third-order valence-corrected chi connectivity index (χ3v) is 1.65. The predicted octanol–water partition coefficient (Wildman–Crippen LogP) is 2.78. The summed E-state index contributed by atoms with van der Waals surface area (Å²) < 4.78 is 10.4. The largest absolute Gasteiger partial charge is 0.353 e. The van der Waals surface area contributed by atoms with Crippen molar-refractivity contribution in [1.29, 1.82) is 0 Å². The predicted molar refractivity (Wildman–Crippen MR) is 50.9 cm³/mol. The molecule has 0 spiro atoms. The van der Waals surface area contributed by atoms with Crippen LogP contribution in [0.1, 0.15) is 39.5 Å². The molecule has 0 aromatic carbocycles. The highest BCUT2D eigenvalue weighted by Crippen LogP contribution is 2.01. The highest BCUT2D eigenvalue weighted by molar-refractivity contribution is 4.45. The van der Waals surface area contributed by atoms with Gasteiger partial charge < -0.3 is 9.47 Å². The van der Waals surface area contributed by atoms with Gasteiger partial charge in [-0.15, -0.1) is 0 Å². The van der Waals surface area contributed by atoms with E-state index in [9.17, 15) is 0 Å². The standard InChI is InChI=1S/C10H21O2/c1-4-6-7-8-9-12-10(3)11-5-2/h10H,3-9H2,1-2H3. The second kappa shape index (κ2) is 9.01. The molecule has 0 bridgehead atoms. The van der Waals surface area contributed by atoms with Gasteiger partial charge in [0.25, 0.3) is 0 Å². The van der Waals surface area contributed by atoms with Crippen molar-refractivity contribution in [2.24, 2.45) is 0 Å². The number of hydrogen-bond acceptors (Lipinski definition) is 2. The number of ether oxygens (including phenoxy) is 2. The van der Waals surface area contributed by atoms with E-state index in [1.54, 1.807) is 0 Å². The molecule has 0 heterocycles. The Morgan fingerprint density at radius 1 is 1.08 bits per heavy atom. The van der Waals surface area contributed by atoms with E-state index in [4.69, 9.17) is 9.47 Å². The van der Waals surface area contributed by atoms with Crippen molar-refractivity contribution < 1.29 is 9.47 Å². The lowest BCUT2D eigenvalue weighted by molar-refractivity contribution is -0.110. The molecule has 2 nitrogen and oxygen atoms in total. The Labute approximate surface area is 76.3 Å². The maximum absolute atomic E-state index is 5.30. The van der Waals surface area contributed by atoms with E-state index in [-0.39, 0.29) is 6.29 Å². The van der Waals surface area contributed by atoms with Crippen LogP contribution in [-0.4, -0.2) is 19.5 Å². The summed E-state index contributed by atoms with van der Waals surface area (Å²) in [7, 11) is 0. The molecule has 0 fully saturated rings.